The molecule has 0 aromatic heterocycles. The Bertz CT molecular complexity index is 954. The zero-order chi connectivity index (χ0) is 21.3. The van der Waals surface area contributed by atoms with Gasteiger partial charge in [0.05, 0.1) is 5.56 Å². The topological polar surface area (TPSA) is 66.4 Å². The van der Waals surface area contributed by atoms with Crippen LogP contribution in [-0.4, -0.2) is 23.0 Å². The second-order valence-corrected chi connectivity index (χ2v) is 6.89. The van der Waals surface area contributed by atoms with Crippen LogP contribution in [-0.2, 0) is 17.4 Å². The Labute approximate surface area is 162 Å². The van der Waals surface area contributed by atoms with Crippen molar-refractivity contribution in [2.24, 2.45) is 0 Å². The van der Waals surface area contributed by atoms with Gasteiger partial charge in [0.25, 0.3) is 5.91 Å². The molecular formula is C20H16F5NO3. The highest BCUT2D eigenvalue weighted by atomic mass is 19.4. The van der Waals surface area contributed by atoms with Crippen molar-refractivity contribution in [1.29, 1.82) is 0 Å². The van der Waals surface area contributed by atoms with Crippen LogP contribution in [0.4, 0.5) is 22.0 Å². The first-order valence-electron chi connectivity index (χ1n) is 8.75. The Morgan fingerprint density at radius 1 is 1.07 bits per heavy atom. The third-order valence-corrected chi connectivity index (χ3v) is 4.66. The third-order valence-electron chi connectivity index (χ3n) is 4.66. The first-order valence-corrected chi connectivity index (χ1v) is 8.75. The number of nitrogens with one attached hydrogen (secondary N) is 1. The van der Waals surface area contributed by atoms with Gasteiger partial charge in [-0.05, 0) is 54.2 Å². The minimum atomic E-state index is -4.92. The minimum Gasteiger partial charge on any atom is -0.480 e. The van der Waals surface area contributed by atoms with Crippen molar-refractivity contribution in [1.82, 2.24) is 5.32 Å². The van der Waals surface area contributed by atoms with Crippen LogP contribution >= 0.6 is 0 Å². The zero-order valence-electron chi connectivity index (χ0n) is 14.9. The maximum Gasteiger partial charge on any atom is 0.419 e. The zero-order valence-corrected chi connectivity index (χ0v) is 14.9. The quantitative estimate of drug-likeness (QED) is 0.695. The Morgan fingerprint density at radius 3 is 2.28 bits per heavy atom. The van der Waals surface area contributed by atoms with Gasteiger partial charge in [-0.1, -0.05) is 12.1 Å². The lowest BCUT2D eigenvalue weighted by Gasteiger charge is -2.16. The van der Waals surface area contributed by atoms with E-state index in [1.54, 1.807) is 12.1 Å². The Morgan fingerprint density at radius 2 is 1.76 bits per heavy atom. The van der Waals surface area contributed by atoms with Crippen LogP contribution in [0.1, 0.15) is 45.8 Å². The van der Waals surface area contributed by atoms with Crippen molar-refractivity contribution in [2.45, 2.75) is 37.4 Å². The fourth-order valence-electron chi connectivity index (χ4n) is 2.99. The van der Waals surface area contributed by atoms with E-state index in [-0.39, 0.29) is 12.3 Å². The predicted molar refractivity (Wildman–Crippen MR) is 92.4 cm³/mol. The van der Waals surface area contributed by atoms with E-state index in [9.17, 15) is 36.6 Å². The van der Waals surface area contributed by atoms with Crippen molar-refractivity contribution in [2.75, 3.05) is 0 Å². The van der Waals surface area contributed by atoms with Crippen molar-refractivity contribution in [3.8, 4) is 0 Å². The molecule has 154 valence electrons. The summed E-state index contributed by atoms with van der Waals surface area (Å²) in [7, 11) is 0. The summed E-state index contributed by atoms with van der Waals surface area (Å²) in [5.41, 5.74) is -1.10. The molecule has 9 heteroatoms. The molecule has 2 aromatic rings. The molecular weight excluding hydrogens is 397 g/mol. The Balaban J connectivity index is 1.73. The number of hydrogen-bond donors (Lipinski definition) is 2. The van der Waals surface area contributed by atoms with Crippen molar-refractivity contribution in [3.05, 3.63) is 70.3 Å². The van der Waals surface area contributed by atoms with Crippen LogP contribution < -0.4 is 5.32 Å². The smallest absolute Gasteiger partial charge is 0.419 e. The molecule has 0 spiro atoms. The molecule has 0 unspecified atom stereocenters. The number of rotatable bonds is 6. The molecule has 0 saturated heterocycles. The Hall–Kier alpha value is -2.97. The number of alkyl halides is 3. The summed E-state index contributed by atoms with van der Waals surface area (Å²) in [5.74, 6) is -4.40. The van der Waals surface area contributed by atoms with Crippen molar-refractivity contribution < 1.29 is 36.6 Å². The van der Waals surface area contributed by atoms with Gasteiger partial charge in [0.15, 0.2) is 0 Å². The van der Waals surface area contributed by atoms with Gasteiger partial charge >= 0.3 is 12.1 Å². The van der Waals surface area contributed by atoms with Gasteiger partial charge < -0.3 is 10.4 Å². The molecule has 0 heterocycles. The van der Waals surface area contributed by atoms with E-state index in [4.69, 9.17) is 0 Å². The summed E-state index contributed by atoms with van der Waals surface area (Å²) in [6.07, 6.45) is -3.37. The summed E-state index contributed by atoms with van der Waals surface area (Å²) in [4.78, 5) is 23.6. The largest absolute Gasteiger partial charge is 0.480 e. The molecule has 3 rings (SSSR count). The van der Waals surface area contributed by atoms with E-state index < -0.39 is 46.9 Å². The fourth-order valence-corrected chi connectivity index (χ4v) is 2.99. The van der Waals surface area contributed by atoms with Crippen molar-refractivity contribution in [3.63, 3.8) is 0 Å². The molecule has 1 amide bonds. The van der Waals surface area contributed by atoms with Crippen molar-refractivity contribution >= 4 is 11.9 Å². The highest BCUT2D eigenvalue weighted by Crippen LogP contribution is 2.41. The molecule has 0 radical (unpaired) electrons. The number of carboxylic acid groups (broad SMARTS) is 1. The lowest BCUT2D eigenvalue weighted by molar-refractivity contribution is -0.140. The minimum absolute atomic E-state index is 0.175. The summed E-state index contributed by atoms with van der Waals surface area (Å²) in [6.45, 7) is 0. The Kier molecular flexibility index (Phi) is 5.59. The number of carboxylic acids is 1. The standard InChI is InChI=1S/C20H16F5NO3/c21-15-7-10(1-5-13(15)11-2-3-11)8-17(19(28)29)26-18(27)12-4-6-14(16(22)9-12)20(23,24)25/h1,4-7,9,11,17H,2-3,8H2,(H,26,27)(H,28,29)/t17-/m1/s1. The highest BCUT2D eigenvalue weighted by Gasteiger charge is 2.34. The van der Waals surface area contributed by atoms with Gasteiger partial charge in [0, 0.05) is 12.0 Å². The number of carbonyl (C=O) groups excluding carboxylic acids is 1. The van der Waals surface area contributed by atoms with Crippen LogP contribution in [0.2, 0.25) is 0 Å². The van der Waals surface area contributed by atoms with E-state index in [2.05, 4.69) is 5.32 Å². The van der Waals surface area contributed by atoms with Crippen LogP contribution in [0.15, 0.2) is 36.4 Å². The van der Waals surface area contributed by atoms with Crippen LogP contribution in [0.5, 0.6) is 0 Å². The fraction of sp³-hybridized carbons (Fsp3) is 0.300. The van der Waals surface area contributed by atoms with E-state index in [1.807, 2.05) is 0 Å². The van der Waals surface area contributed by atoms with Crippen LogP contribution in [0.3, 0.4) is 0 Å². The average molecular weight is 413 g/mol. The molecule has 1 saturated carbocycles. The van der Waals surface area contributed by atoms with Crippen LogP contribution in [0.25, 0.3) is 0 Å². The number of benzene rings is 2. The highest BCUT2D eigenvalue weighted by molar-refractivity contribution is 5.96. The molecule has 1 fully saturated rings. The molecule has 0 aliphatic heterocycles. The maximum atomic E-state index is 14.1. The monoisotopic (exact) mass is 413 g/mol. The first kappa shape index (κ1) is 20.8. The summed E-state index contributed by atoms with van der Waals surface area (Å²) in [6, 6.07) is 4.43. The van der Waals surface area contributed by atoms with Gasteiger partial charge in [0.2, 0.25) is 0 Å². The third kappa shape index (κ3) is 4.90. The van der Waals surface area contributed by atoms with Gasteiger partial charge in [-0.25, -0.2) is 13.6 Å². The second kappa shape index (κ2) is 7.81. The molecule has 29 heavy (non-hydrogen) atoms. The molecule has 4 nitrogen and oxygen atoms in total. The maximum absolute atomic E-state index is 14.1. The summed E-state index contributed by atoms with van der Waals surface area (Å²) in [5, 5.41) is 11.5. The number of aliphatic carboxylic acids is 1. The van der Waals surface area contributed by atoms with Crippen LogP contribution in [0, 0.1) is 11.6 Å². The molecule has 0 bridgehead atoms. The summed E-state index contributed by atoms with van der Waals surface area (Å²) >= 11 is 0. The SMILES string of the molecule is O=C(N[C@H](Cc1ccc(C2CC2)c(F)c1)C(=O)O)c1ccc(C(F)(F)F)c(F)c1. The normalized spacial score (nSPS) is 15.1. The number of carbonyl (C=O) groups is 2. The second-order valence-electron chi connectivity index (χ2n) is 6.89. The summed E-state index contributed by atoms with van der Waals surface area (Å²) < 4.78 is 65.6. The lowest BCUT2D eigenvalue weighted by Crippen LogP contribution is -2.42. The van der Waals surface area contributed by atoms with E-state index in [0.717, 1.165) is 18.9 Å². The first-order chi connectivity index (χ1) is 13.6. The number of halogens is 5. The number of hydrogen-bond acceptors (Lipinski definition) is 2. The van der Waals surface area contributed by atoms with E-state index >= 15 is 0 Å². The van der Waals surface area contributed by atoms with Gasteiger partial charge in [-0.15, -0.1) is 0 Å². The van der Waals surface area contributed by atoms with E-state index in [1.165, 1.54) is 6.07 Å². The average Bonchev–Trinajstić information content (AvgIpc) is 3.44. The van der Waals surface area contributed by atoms with Gasteiger partial charge in [-0.3, -0.25) is 4.79 Å². The molecule has 1 aliphatic carbocycles. The lowest BCUT2D eigenvalue weighted by atomic mass is 10.0. The van der Waals surface area contributed by atoms with Gasteiger partial charge in [-0.2, -0.15) is 13.2 Å². The molecule has 2 N–H and O–H groups in total. The van der Waals surface area contributed by atoms with E-state index in [0.29, 0.717) is 23.3 Å². The number of amides is 1. The predicted octanol–water partition coefficient (Wildman–Crippen LogP) is 4.29. The molecule has 1 atom stereocenters. The molecule has 2 aromatic carbocycles. The van der Waals surface area contributed by atoms with Gasteiger partial charge in [0.1, 0.15) is 17.7 Å². The molecule has 1 aliphatic rings.